The van der Waals surface area contributed by atoms with Crippen LogP contribution in [0.5, 0.6) is 0 Å². The van der Waals surface area contributed by atoms with E-state index in [2.05, 4.69) is 29.0 Å². The van der Waals surface area contributed by atoms with Crippen LogP contribution < -0.4 is 5.32 Å². The van der Waals surface area contributed by atoms with E-state index in [9.17, 15) is 0 Å². The molecule has 4 heteroatoms. The van der Waals surface area contributed by atoms with Crippen molar-refractivity contribution in [1.82, 2.24) is 10.2 Å². The summed E-state index contributed by atoms with van der Waals surface area (Å²) in [7, 11) is 0. The maximum atomic E-state index is 3.86. The summed E-state index contributed by atoms with van der Waals surface area (Å²) >= 11 is 1.51. The van der Waals surface area contributed by atoms with Crippen LogP contribution in [-0.4, -0.2) is 16.2 Å². The Morgan fingerprint density at radius 1 is 1.91 bits per heavy atom. The molecule has 0 bridgehead atoms. The van der Waals surface area contributed by atoms with E-state index in [4.69, 9.17) is 0 Å². The largest absolute Gasteiger partial charge is 0.357 e. The summed E-state index contributed by atoms with van der Waals surface area (Å²) in [5.74, 6) is 0. The highest BCUT2D eigenvalue weighted by Gasteiger charge is 2.00. The number of hydrogen-bond acceptors (Lipinski definition) is 4. The summed E-state index contributed by atoms with van der Waals surface area (Å²) in [5.41, 5.74) is 1.71. The summed E-state index contributed by atoms with van der Waals surface area (Å²) in [6.07, 6.45) is 2.83. The van der Waals surface area contributed by atoms with Gasteiger partial charge in [0.2, 0.25) is 5.13 Å². The molecule has 1 aromatic rings. The van der Waals surface area contributed by atoms with Crippen molar-refractivity contribution in [3.8, 4) is 0 Å². The van der Waals surface area contributed by atoms with Crippen molar-refractivity contribution in [2.75, 3.05) is 5.32 Å². The van der Waals surface area contributed by atoms with Crippen molar-refractivity contribution in [3.05, 3.63) is 18.2 Å². The first-order chi connectivity index (χ1) is 5.33. The van der Waals surface area contributed by atoms with Gasteiger partial charge >= 0.3 is 0 Å². The molecule has 0 amide bonds. The highest BCUT2D eigenvalue weighted by Crippen LogP contribution is 2.10. The minimum absolute atomic E-state index is 0.389. The standard InChI is InChI=1S/C7H11N3S/c1-3-4-6(2)9-7-10-8-5-11-7/h3,5-6H,1,4H2,2H3,(H,9,10). The van der Waals surface area contributed by atoms with Crippen LogP contribution in [0.1, 0.15) is 13.3 Å². The van der Waals surface area contributed by atoms with E-state index in [-0.39, 0.29) is 0 Å². The SMILES string of the molecule is C=CCC(C)Nc1nncs1. The van der Waals surface area contributed by atoms with Gasteiger partial charge in [0.05, 0.1) is 0 Å². The second-order valence-electron chi connectivity index (χ2n) is 2.31. The lowest BCUT2D eigenvalue weighted by Crippen LogP contribution is -2.13. The van der Waals surface area contributed by atoms with Crippen LogP contribution in [0.2, 0.25) is 0 Å². The summed E-state index contributed by atoms with van der Waals surface area (Å²) in [6, 6.07) is 0.389. The summed E-state index contributed by atoms with van der Waals surface area (Å²) in [6.45, 7) is 5.74. The van der Waals surface area contributed by atoms with E-state index in [1.807, 2.05) is 6.08 Å². The third-order valence-electron chi connectivity index (χ3n) is 1.25. The Hall–Kier alpha value is -0.900. The molecule has 0 aliphatic carbocycles. The second kappa shape index (κ2) is 4.08. The van der Waals surface area contributed by atoms with Gasteiger partial charge in [-0.05, 0) is 13.3 Å². The fourth-order valence-corrected chi connectivity index (χ4v) is 1.31. The Balaban J connectivity index is 2.37. The molecule has 0 aromatic carbocycles. The number of nitrogens with one attached hydrogen (secondary N) is 1. The van der Waals surface area contributed by atoms with Gasteiger partial charge in [0.15, 0.2) is 0 Å². The maximum absolute atomic E-state index is 3.86. The Kier molecular flexibility index (Phi) is 3.04. The molecule has 0 aliphatic rings. The zero-order chi connectivity index (χ0) is 8.10. The minimum Gasteiger partial charge on any atom is -0.357 e. The molecule has 60 valence electrons. The molecular formula is C7H11N3S. The topological polar surface area (TPSA) is 37.8 Å². The highest BCUT2D eigenvalue weighted by molar-refractivity contribution is 7.13. The molecule has 0 radical (unpaired) electrons. The molecule has 1 heterocycles. The van der Waals surface area contributed by atoms with Crippen LogP contribution in [0.3, 0.4) is 0 Å². The van der Waals surface area contributed by atoms with Crippen LogP contribution >= 0.6 is 11.3 Å². The lowest BCUT2D eigenvalue weighted by atomic mass is 10.2. The monoisotopic (exact) mass is 169 g/mol. The number of nitrogens with zero attached hydrogens (tertiary/aromatic N) is 2. The lowest BCUT2D eigenvalue weighted by molar-refractivity contribution is 0.808. The van der Waals surface area contributed by atoms with Crippen molar-refractivity contribution in [2.45, 2.75) is 19.4 Å². The van der Waals surface area contributed by atoms with Gasteiger partial charge in [-0.1, -0.05) is 17.4 Å². The predicted molar refractivity (Wildman–Crippen MR) is 47.8 cm³/mol. The lowest BCUT2D eigenvalue weighted by Gasteiger charge is -2.08. The molecule has 1 unspecified atom stereocenters. The van der Waals surface area contributed by atoms with E-state index in [0.717, 1.165) is 11.6 Å². The van der Waals surface area contributed by atoms with Crippen LogP contribution in [0, 0.1) is 0 Å². The van der Waals surface area contributed by atoms with Crippen molar-refractivity contribution in [1.29, 1.82) is 0 Å². The maximum Gasteiger partial charge on any atom is 0.205 e. The average Bonchev–Trinajstić information content (AvgIpc) is 2.40. The Morgan fingerprint density at radius 2 is 2.73 bits per heavy atom. The Bertz CT molecular complexity index is 207. The molecule has 0 spiro atoms. The van der Waals surface area contributed by atoms with Gasteiger partial charge in [0.1, 0.15) is 5.51 Å². The first-order valence-electron chi connectivity index (χ1n) is 3.46. The zero-order valence-corrected chi connectivity index (χ0v) is 7.27. The van der Waals surface area contributed by atoms with Crippen LogP contribution in [-0.2, 0) is 0 Å². The number of hydrogen-bond donors (Lipinski definition) is 1. The van der Waals surface area contributed by atoms with Crippen molar-refractivity contribution in [3.63, 3.8) is 0 Å². The molecule has 11 heavy (non-hydrogen) atoms. The Labute approximate surface area is 70.2 Å². The first-order valence-corrected chi connectivity index (χ1v) is 4.34. The predicted octanol–water partition coefficient (Wildman–Crippen LogP) is 1.91. The van der Waals surface area contributed by atoms with Crippen molar-refractivity contribution in [2.24, 2.45) is 0 Å². The summed E-state index contributed by atoms with van der Waals surface area (Å²) in [5, 5.41) is 11.6. The van der Waals surface area contributed by atoms with Gasteiger partial charge in [-0.15, -0.1) is 16.8 Å². The molecule has 0 fully saturated rings. The van der Waals surface area contributed by atoms with Crippen molar-refractivity contribution >= 4 is 16.5 Å². The fraction of sp³-hybridized carbons (Fsp3) is 0.429. The van der Waals surface area contributed by atoms with Gasteiger partial charge in [0.25, 0.3) is 0 Å². The van der Waals surface area contributed by atoms with Gasteiger partial charge in [-0.2, -0.15) is 0 Å². The van der Waals surface area contributed by atoms with E-state index >= 15 is 0 Å². The molecule has 0 saturated carbocycles. The average molecular weight is 169 g/mol. The van der Waals surface area contributed by atoms with E-state index in [1.54, 1.807) is 5.51 Å². The summed E-state index contributed by atoms with van der Waals surface area (Å²) < 4.78 is 0. The molecule has 0 saturated heterocycles. The number of rotatable bonds is 4. The van der Waals surface area contributed by atoms with E-state index in [1.165, 1.54) is 11.3 Å². The van der Waals surface area contributed by atoms with Gasteiger partial charge in [0, 0.05) is 6.04 Å². The molecule has 0 aliphatic heterocycles. The van der Waals surface area contributed by atoms with Gasteiger partial charge in [-0.3, -0.25) is 0 Å². The first kappa shape index (κ1) is 8.20. The third-order valence-corrected chi connectivity index (χ3v) is 1.87. The molecule has 1 aromatic heterocycles. The van der Waals surface area contributed by atoms with Gasteiger partial charge in [-0.25, -0.2) is 0 Å². The van der Waals surface area contributed by atoms with E-state index in [0.29, 0.717) is 6.04 Å². The zero-order valence-electron chi connectivity index (χ0n) is 6.45. The van der Waals surface area contributed by atoms with Crippen LogP contribution in [0.25, 0.3) is 0 Å². The smallest absolute Gasteiger partial charge is 0.205 e. The summed E-state index contributed by atoms with van der Waals surface area (Å²) in [4.78, 5) is 0. The van der Waals surface area contributed by atoms with Gasteiger partial charge < -0.3 is 5.32 Å². The Morgan fingerprint density at radius 3 is 3.27 bits per heavy atom. The third kappa shape index (κ3) is 2.67. The van der Waals surface area contributed by atoms with Crippen LogP contribution in [0.15, 0.2) is 18.2 Å². The van der Waals surface area contributed by atoms with E-state index < -0.39 is 0 Å². The quantitative estimate of drug-likeness (QED) is 0.700. The highest BCUT2D eigenvalue weighted by atomic mass is 32.1. The molecule has 3 nitrogen and oxygen atoms in total. The molecule has 1 N–H and O–H groups in total. The second-order valence-corrected chi connectivity index (χ2v) is 3.15. The van der Waals surface area contributed by atoms with Crippen molar-refractivity contribution < 1.29 is 0 Å². The number of anilines is 1. The van der Waals surface area contributed by atoms with Crippen LogP contribution in [0.4, 0.5) is 5.13 Å². The fourth-order valence-electron chi connectivity index (χ4n) is 0.756. The number of aromatic nitrogens is 2. The molecule has 1 rings (SSSR count). The normalized spacial score (nSPS) is 12.5. The molecule has 1 atom stereocenters. The molecular weight excluding hydrogens is 158 g/mol. The minimum atomic E-state index is 0.389.